The van der Waals surface area contributed by atoms with Gasteiger partial charge in [-0.3, -0.25) is 9.59 Å². The van der Waals surface area contributed by atoms with Crippen molar-refractivity contribution in [2.75, 3.05) is 12.3 Å². The van der Waals surface area contributed by atoms with Crippen LogP contribution >= 0.6 is 11.6 Å². The number of halogens is 1. The Morgan fingerprint density at radius 3 is 2.58 bits per heavy atom. The summed E-state index contributed by atoms with van der Waals surface area (Å²) in [5.74, 6) is -1.63. The molecular formula is C12H15ClN2O4. The minimum atomic E-state index is -1.52. The zero-order chi connectivity index (χ0) is 14.6. The number of hydrogen-bond acceptors (Lipinski definition) is 4. The molecule has 0 fully saturated rings. The molecule has 19 heavy (non-hydrogen) atoms. The molecule has 1 rings (SSSR count). The van der Waals surface area contributed by atoms with Crippen LogP contribution in [-0.4, -0.2) is 34.2 Å². The Morgan fingerprint density at radius 1 is 1.42 bits per heavy atom. The number of anilines is 1. The molecule has 0 aliphatic carbocycles. The van der Waals surface area contributed by atoms with Crippen molar-refractivity contribution < 1.29 is 19.8 Å². The van der Waals surface area contributed by atoms with Gasteiger partial charge in [-0.2, -0.15) is 0 Å². The van der Waals surface area contributed by atoms with E-state index in [4.69, 9.17) is 22.4 Å². The summed E-state index contributed by atoms with van der Waals surface area (Å²) in [7, 11) is 0. The standard InChI is InChI=1S/C12H15ClN2O4/c1-12(19,5-10(16)17)6-15-11(18)7-2-8(13)4-9(14)3-7/h2-4,19H,5-6,14H2,1H3,(H,15,18)(H,16,17). The van der Waals surface area contributed by atoms with Crippen LogP contribution in [0.25, 0.3) is 0 Å². The van der Waals surface area contributed by atoms with Gasteiger partial charge >= 0.3 is 5.97 Å². The second-order valence-electron chi connectivity index (χ2n) is 4.52. The number of nitrogens with one attached hydrogen (secondary N) is 1. The average Bonchev–Trinajstić information content (AvgIpc) is 2.22. The van der Waals surface area contributed by atoms with Gasteiger partial charge in [-0.1, -0.05) is 11.6 Å². The summed E-state index contributed by atoms with van der Waals surface area (Å²) in [4.78, 5) is 22.3. The largest absolute Gasteiger partial charge is 0.481 e. The fraction of sp³-hybridized carbons (Fsp3) is 0.333. The first-order valence-corrected chi connectivity index (χ1v) is 5.86. The molecule has 0 heterocycles. The predicted molar refractivity (Wildman–Crippen MR) is 71.1 cm³/mol. The van der Waals surface area contributed by atoms with E-state index in [-0.39, 0.29) is 12.1 Å². The molecule has 104 valence electrons. The van der Waals surface area contributed by atoms with Gasteiger partial charge in [0.2, 0.25) is 0 Å². The van der Waals surface area contributed by atoms with E-state index in [0.29, 0.717) is 10.7 Å². The van der Waals surface area contributed by atoms with Crippen LogP contribution in [0.5, 0.6) is 0 Å². The number of aliphatic hydroxyl groups is 1. The zero-order valence-electron chi connectivity index (χ0n) is 10.3. The van der Waals surface area contributed by atoms with Crippen molar-refractivity contribution >= 4 is 29.2 Å². The molecule has 1 amide bonds. The number of carbonyl (C=O) groups is 2. The molecule has 5 N–H and O–H groups in total. The lowest BCUT2D eigenvalue weighted by atomic mass is 10.0. The van der Waals surface area contributed by atoms with E-state index in [1.165, 1.54) is 25.1 Å². The predicted octanol–water partition coefficient (Wildman–Crippen LogP) is 0.878. The van der Waals surface area contributed by atoms with Gasteiger partial charge < -0.3 is 21.3 Å². The normalized spacial score (nSPS) is 13.6. The number of nitrogen functional groups attached to an aromatic ring is 1. The van der Waals surface area contributed by atoms with Crippen LogP contribution in [0.4, 0.5) is 5.69 Å². The van der Waals surface area contributed by atoms with Crippen molar-refractivity contribution in [1.82, 2.24) is 5.32 Å². The van der Waals surface area contributed by atoms with Crippen LogP contribution in [0, 0.1) is 0 Å². The molecule has 6 nitrogen and oxygen atoms in total. The summed E-state index contributed by atoms with van der Waals surface area (Å²) < 4.78 is 0. The fourth-order valence-electron chi connectivity index (χ4n) is 1.50. The van der Waals surface area contributed by atoms with Gasteiger partial charge in [0, 0.05) is 22.8 Å². The molecular weight excluding hydrogens is 272 g/mol. The van der Waals surface area contributed by atoms with Crippen LogP contribution in [0.1, 0.15) is 23.7 Å². The number of hydrogen-bond donors (Lipinski definition) is 4. The number of carbonyl (C=O) groups excluding carboxylic acids is 1. The van der Waals surface area contributed by atoms with Crippen molar-refractivity contribution in [3.05, 3.63) is 28.8 Å². The Morgan fingerprint density at radius 2 is 2.05 bits per heavy atom. The molecule has 1 atom stereocenters. The van der Waals surface area contributed by atoms with Crippen molar-refractivity contribution in [3.63, 3.8) is 0 Å². The van der Waals surface area contributed by atoms with Crippen LogP contribution in [0.2, 0.25) is 5.02 Å². The van der Waals surface area contributed by atoms with Crippen LogP contribution in [0.15, 0.2) is 18.2 Å². The smallest absolute Gasteiger partial charge is 0.306 e. The number of rotatable bonds is 5. The average molecular weight is 287 g/mol. The number of benzene rings is 1. The van der Waals surface area contributed by atoms with Crippen molar-refractivity contribution in [1.29, 1.82) is 0 Å². The number of aliphatic carboxylic acids is 1. The van der Waals surface area contributed by atoms with Gasteiger partial charge in [0.25, 0.3) is 5.91 Å². The van der Waals surface area contributed by atoms with E-state index < -0.39 is 23.9 Å². The maximum absolute atomic E-state index is 11.8. The summed E-state index contributed by atoms with van der Waals surface area (Å²) in [6.07, 6.45) is -0.467. The number of nitrogens with two attached hydrogens (primary N) is 1. The Kier molecular flexibility index (Phi) is 4.74. The molecule has 0 aliphatic heterocycles. The molecule has 0 bridgehead atoms. The van der Waals surface area contributed by atoms with E-state index in [2.05, 4.69) is 5.32 Å². The third-order valence-electron chi connectivity index (χ3n) is 2.34. The minimum Gasteiger partial charge on any atom is -0.481 e. The summed E-state index contributed by atoms with van der Waals surface area (Å²) in [6, 6.07) is 4.37. The van der Waals surface area contributed by atoms with E-state index in [9.17, 15) is 14.7 Å². The first-order valence-electron chi connectivity index (χ1n) is 5.48. The molecule has 1 unspecified atom stereocenters. The van der Waals surface area contributed by atoms with E-state index in [1.807, 2.05) is 0 Å². The Bertz CT molecular complexity index is 482. The van der Waals surface area contributed by atoms with Crippen molar-refractivity contribution in [2.24, 2.45) is 0 Å². The van der Waals surface area contributed by atoms with Crippen LogP contribution in [0.3, 0.4) is 0 Å². The first-order chi connectivity index (χ1) is 8.69. The molecule has 0 aliphatic rings. The lowest BCUT2D eigenvalue weighted by Gasteiger charge is -2.21. The highest BCUT2D eigenvalue weighted by Gasteiger charge is 2.25. The molecule has 0 aromatic heterocycles. The van der Waals surface area contributed by atoms with Gasteiger partial charge in [-0.15, -0.1) is 0 Å². The van der Waals surface area contributed by atoms with Gasteiger partial charge in [0.05, 0.1) is 12.0 Å². The van der Waals surface area contributed by atoms with Crippen molar-refractivity contribution in [3.8, 4) is 0 Å². The topological polar surface area (TPSA) is 113 Å². The van der Waals surface area contributed by atoms with Gasteiger partial charge in [-0.05, 0) is 25.1 Å². The highest BCUT2D eigenvalue weighted by atomic mass is 35.5. The third kappa shape index (κ3) is 5.15. The Balaban J connectivity index is 2.67. The summed E-state index contributed by atoms with van der Waals surface area (Å²) >= 11 is 5.77. The van der Waals surface area contributed by atoms with Crippen molar-refractivity contribution in [2.45, 2.75) is 18.9 Å². The summed E-state index contributed by atoms with van der Waals surface area (Å²) in [5.41, 5.74) is 4.62. The quantitative estimate of drug-likeness (QED) is 0.600. The van der Waals surface area contributed by atoms with Gasteiger partial charge in [0.15, 0.2) is 0 Å². The summed E-state index contributed by atoms with van der Waals surface area (Å²) in [6.45, 7) is 1.14. The molecule has 0 saturated heterocycles. The second-order valence-corrected chi connectivity index (χ2v) is 4.96. The molecule has 0 spiro atoms. The van der Waals surface area contributed by atoms with E-state index >= 15 is 0 Å². The van der Waals surface area contributed by atoms with Gasteiger partial charge in [0.1, 0.15) is 0 Å². The highest BCUT2D eigenvalue weighted by molar-refractivity contribution is 6.31. The van der Waals surface area contributed by atoms with Crippen LogP contribution < -0.4 is 11.1 Å². The molecule has 7 heteroatoms. The van der Waals surface area contributed by atoms with E-state index in [0.717, 1.165) is 0 Å². The van der Waals surface area contributed by atoms with E-state index in [1.54, 1.807) is 0 Å². The van der Waals surface area contributed by atoms with Gasteiger partial charge in [-0.25, -0.2) is 0 Å². The number of amides is 1. The third-order valence-corrected chi connectivity index (χ3v) is 2.56. The summed E-state index contributed by atoms with van der Waals surface area (Å²) in [5, 5.41) is 21.1. The first kappa shape index (κ1) is 15.3. The molecule has 0 radical (unpaired) electrons. The maximum atomic E-state index is 11.8. The number of carboxylic acids is 1. The molecule has 0 saturated carbocycles. The lowest BCUT2D eigenvalue weighted by Crippen LogP contribution is -2.42. The fourth-order valence-corrected chi connectivity index (χ4v) is 1.75. The lowest BCUT2D eigenvalue weighted by molar-refractivity contribution is -0.141. The second kappa shape index (κ2) is 5.90. The molecule has 1 aromatic rings. The minimum absolute atomic E-state index is 0.190. The Labute approximate surface area is 115 Å². The monoisotopic (exact) mass is 286 g/mol. The zero-order valence-corrected chi connectivity index (χ0v) is 11.1. The van der Waals surface area contributed by atoms with Crippen LogP contribution in [-0.2, 0) is 4.79 Å². The SMILES string of the molecule is CC(O)(CNC(=O)c1cc(N)cc(Cl)c1)CC(=O)O. The number of carboxylic acid groups (broad SMARTS) is 1. The Hall–Kier alpha value is -1.79. The maximum Gasteiger partial charge on any atom is 0.306 e. The molecule has 1 aromatic carbocycles. The highest BCUT2D eigenvalue weighted by Crippen LogP contribution is 2.16.